The lowest BCUT2D eigenvalue weighted by molar-refractivity contribution is -0.122. The van der Waals surface area contributed by atoms with Crippen molar-refractivity contribution in [2.45, 2.75) is 296 Å². The molecule has 0 spiro atoms. The average Bonchev–Trinajstić information content (AvgIpc) is 3.16. The highest BCUT2D eigenvalue weighted by Crippen LogP contribution is 2.17. The third kappa shape index (κ3) is 43.7. The van der Waals surface area contributed by atoms with Gasteiger partial charge in [0.15, 0.2) is 0 Å². The molecule has 0 aliphatic rings. The first-order valence-corrected chi connectivity index (χ1v) is 24.6. The Balaban J connectivity index is 3.39. The van der Waals surface area contributed by atoms with Crippen LogP contribution in [-0.2, 0) is 9.59 Å². The molecule has 0 aliphatic carbocycles. The first-order valence-electron chi connectivity index (χ1n) is 24.6. The van der Waals surface area contributed by atoms with E-state index < -0.39 is 0 Å². The minimum Gasteiger partial charge on any atom is -0.394 e. The van der Waals surface area contributed by atoms with Gasteiger partial charge in [0.1, 0.15) is 5.78 Å². The van der Waals surface area contributed by atoms with Crippen molar-refractivity contribution in [2.75, 3.05) is 6.61 Å². The fraction of sp³-hybridized carbons (Fsp3) is 0.959. The van der Waals surface area contributed by atoms with Crippen molar-refractivity contribution in [1.29, 1.82) is 0 Å². The van der Waals surface area contributed by atoms with Crippen LogP contribution in [0.2, 0.25) is 0 Å². The summed E-state index contributed by atoms with van der Waals surface area (Å²) in [4.78, 5) is 24.6. The van der Waals surface area contributed by atoms with Gasteiger partial charge in [-0.1, -0.05) is 245 Å². The molecule has 0 aromatic carbocycles. The van der Waals surface area contributed by atoms with Crippen LogP contribution in [0.3, 0.4) is 0 Å². The largest absolute Gasteiger partial charge is 0.394 e. The topological polar surface area (TPSA) is 66.4 Å². The Hall–Kier alpha value is -0.900. The number of carbonyl (C=O) groups is 2. The number of rotatable bonds is 46. The smallest absolute Gasteiger partial charge is 0.220 e. The van der Waals surface area contributed by atoms with Gasteiger partial charge in [0.05, 0.1) is 12.6 Å². The van der Waals surface area contributed by atoms with Gasteiger partial charge < -0.3 is 10.4 Å². The van der Waals surface area contributed by atoms with Crippen LogP contribution >= 0.6 is 0 Å². The van der Waals surface area contributed by atoms with Crippen LogP contribution in [0.15, 0.2) is 0 Å². The molecule has 1 atom stereocenters. The summed E-state index contributed by atoms with van der Waals surface area (Å²) in [5.74, 6) is 0.584. The molecule has 0 saturated carbocycles. The standard InChI is InChI=1S/C49H97NO3/c1-3-5-7-9-11-13-15-17-19-20-21-23-25-27-31-35-39-43-48(52)44-40-36-32-28-29-33-37-41-45-49(53)50-47(46-51)42-38-34-30-26-24-22-18-16-14-12-10-8-6-4-2/h47,51H,3-46H2,1-2H3,(H,50,53)/t47-/m0/s1. The predicted molar refractivity (Wildman–Crippen MR) is 234 cm³/mol. The van der Waals surface area contributed by atoms with Gasteiger partial charge in [-0.2, -0.15) is 0 Å². The number of aliphatic hydroxyl groups is 1. The summed E-state index contributed by atoms with van der Waals surface area (Å²) in [6.07, 6.45) is 54.6. The molecule has 0 heterocycles. The van der Waals surface area contributed by atoms with Gasteiger partial charge in [0, 0.05) is 19.3 Å². The van der Waals surface area contributed by atoms with Crippen molar-refractivity contribution in [3.8, 4) is 0 Å². The minimum absolute atomic E-state index is 0.0509. The van der Waals surface area contributed by atoms with Gasteiger partial charge >= 0.3 is 0 Å². The van der Waals surface area contributed by atoms with Gasteiger partial charge in [-0.05, 0) is 25.7 Å². The van der Waals surface area contributed by atoms with Crippen molar-refractivity contribution in [2.24, 2.45) is 0 Å². The van der Waals surface area contributed by atoms with E-state index in [1.165, 1.54) is 218 Å². The molecule has 53 heavy (non-hydrogen) atoms. The quantitative estimate of drug-likeness (QED) is 0.0609. The Morgan fingerprint density at radius 3 is 0.887 bits per heavy atom. The van der Waals surface area contributed by atoms with Crippen molar-refractivity contribution < 1.29 is 14.7 Å². The molecule has 0 bridgehead atoms. The molecule has 1 amide bonds. The van der Waals surface area contributed by atoms with Gasteiger partial charge in [0.25, 0.3) is 0 Å². The van der Waals surface area contributed by atoms with E-state index in [2.05, 4.69) is 19.2 Å². The Bertz CT molecular complexity index is 725. The molecule has 0 aromatic heterocycles. The molecule has 4 nitrogen and oxygen atoms in total. The maximum absolute atomic E-state index is 12.4. The van der Waals surface area contributed by atoms with Crippen molar-refractivity contribution >= 4 is 11.7 Å². The fourth-order valence-corrected chi connectivity index (χ4v) is 7.93. The average molecular weight is 748 g/mol. The summed E-state index contributed by atoms with van der Waals surface area (Å²) in [7, 11) is 0. The third-order valence-electron chi connectivity index (χ3n) is 11.7. The van der Waals surface area contributed by atoms with E-state index >= 15 is 0 Å². The van der Waals surface area contributed by atoms with Crippen LogP contribution in [0.4, 0.5) is 0 Å². The van der Waals surface area contributed by atoms with E-state index in [0.717, 1.165) is 51.4 Å². The Morgan fingerprint density at radius 2 is 0.604 bits per heavy atom. The summed E-state index contributed by atoms with van der Waals surface area (Å²) in [6.45, 7) is 4.62. The van der Waals surface area contributed by atoms with Crippen molar-refractivity contribution in [1.82, 2.24) is 5.32 Å². The fourth-order valence-electron chi connectivity index (χ4n) is 7.93. The second kappa shape index (κ2) is 45.5. The Kier molecular flexibility index (Phi) is 44.7. The molecule has 0 rings (SSSR count). The highest BCUT2D eigenvalue weighted by molar-refractivity contribution is 5.78. The highest BCUT2D eigenvalue weighted by Gasteiger charge is 2.11. The lowest BCUT2D eigenvalue weighted by Gasteiger charge is -2.16. The summed E-state index contributed by atoms with van der Waals surface area (Å²) in [5, 5.41) is 12.8. The zero-order valence-electron chi connectivity index (χ0n) is 36.5. The normalized spacial score (nSPS) is 12.1. The number of nitrogens with one attached hydrogen (secondary N) is 1. The summed E-state index contributed by atoms with van der Waals surface area (Å²) in [5.41, 5.74) is 0. The maximum Gasteiger partial charge on any atom is 0.220 e. The highest BCUT2D eigenvalue weighted by atomic mass is 16.3. The summed E-state index contributed by atoms with van der Waals surface area (Å²) >= 11 is 0. The van der Waals surface area contributed by atoms with E-state index in [1.54, 1.807) is 0 Å². The first-order chi connectivity index (χ1) is 26.1. The molecule has 0 saturated heterocycles. The number of hydrogen-bond donors (Lipinski definition) is 2. The van der Waals surface area contributed by atoms with E-state index in [1.807, 2.05) is 0 Å². The number of hydrogen-bond acceptors (Lipinski definition) is 3. The monoisotopic (exact) mass is 748 g/mol. The van der Waals surface area contributed by atoms with Crippen molar-refractivity contribution in [3.05, 3.63) is 0 Å². The SMILES string of the molecule is CCCCCCCCCCCCCCCCCCCC(=O)CCCCCCCCCCC(=O)N[C@H](CO)CCCCCCCCCCCCCCCC. The van der Waals surface area contributed by atoms with Crippen LogP contribution in [-0.4, -0.2) is 29.4 Å². The Labute approximate surface area is 333 Å². The van der Waals surface area contributed by atoms with Crippen molar-refractivity contribution in [3.63, 3.8) is 0 Å². The van der Waals surface area contributed by atoms with Gasteiger partial charge in [-0.25, -0.2) is 0 Å². The lowest BCUT2D eigenvalue weighted by Crippen LogP contribution is -2.37. The van der Waals surface area contributed by atoms with Crippen LogP contribution < -0.4 is 5.32 Å². The number of unbranched alkanes of at least 4 members (excludes halogenated alkanes) is 36. The molecule has 316 valence electrons. The molecule has 0 aromatic rings. The van der Waals surface area contributed by atoms with E-state index in [-0.39, 0.29) is 18.6 Å². The van der Waals surface area contributed by atoms with E-state index in [4.69, 9.17) is 0 Å². The molecule has 0 fully saturated rings. The molecule has 2 N–H and O–H groups in total. The van der Waals surface area contributed by atoms with Crippen LogP contribution in [0.1, 0.15) is 290 Å². The zero-order valence-corrected chi connectivity index (χ0v) is 36.5. The zero-order chi connectivity index (χ0) is 38.6. The van der Waals surface area contributed by atoms with Crippen LogP contribution in [0.25, 0.3) is 0 Å². The second-order valence-corrected chi connectivity index (χ2v) is 17.1. The summed E-state index contributed by atoms with van der Waals surface area (Å²) < 4.78 is 0. The predicted octanol–water partition coefficient (Wildman–Crippen LogP) is 15.8. The third-order valence-corrected chi connectivity index (χ3v) is 11.7. The molecule has 0 unspecified atom stereocenters. The van der Waals surface area contributed by atoms with E-state index in [9.17, 15) is 14.7 Å². The lowest BCUT2D eigenvalue weighted by atomic mass is 10.0. The van der Waals surface area contributed by atoms with Crippen LogP contribution in [0.5, 0.6) is 0 Å². The second-order valence-electron chi connectivity index (χ2n) is 17.1. The van der Waals surface area contributed by atoms with Crippen LogP contribution in [0, 0.1) is 0 Å². The van der Waals surface area contributed by atoms with Gasteiger partial charge in [-0.3, -0.25) is 9.59 Å². The summed E-state index contributed by atoms with van der Waals surface area (Å²) in [6, 6.07) is -0.0782. The maximum atomic E-state index is 12.4. The molecule has 0 radical (unpaired) electrons. The molecular weight excluding hydrogens is 651 g/mol. The number of aliphatic hydroxyl groups excluding tert-OH is 1. The number of ketones is 1. The Morgan fingerprint density at radius 1 is 0.358 bits per heavy atom. The van der Waals surface area contributed by atoms with Gasteiger partial charge in [-0.15, -0.1) is 0 Å². The number of carbonyl (C=O) groups excluding carboxylic acids is 2. The van der Waals surface area contributed by atoms with Gasteiger partial charge in [0.2, 0.25) is 5.91 Å². The number of amides is 1. The molecule has 4 heteroatoms. The minimum atomic E-state index is -0.0782. The first kappa shape index (κ1) is 52.1. The molecule has 0 aliphatic heterocycles. The van der Waals surface area contributed by atoms with E-state index in [0.29, 0.717) is 12.2 Å². The number of Topliss-reactive ketones (excluding diaryl/α,β-unsaturated/α-hetero) is 1. The molecular formula is C49H97NO3.